The second-order valence-corrected chi connectivity index (χ2v) is 6.91. The van der Waals surface area contributed by atoms with Gasteiger partial charge in [0.1, 0.15) is 5.69 Å². The zero-order valence-corrected chi connectivity index (χ0v) is 16.1. The zero-order chi connectivity index (χ0) is 19.4. The Bertz CT molecular complexity index is 949. The number of aromatic nitrogens is 2. The first kappa shape index (κ1) is 18.6. The number of nitrogens with zero attached hydrogens (tertiary/aromatic N) is 2. The fourth-order valence-electron chi connectivity index (χ4n) is 2.81. The Morgan fingerprint density at radius 3 is 2.37 bits per heavy atom. The molecular formula is C22H24N4O. The third-order valence-electron chi connectivity index (χ3n) is 4.23. The molecule has 1 aromatic heterocycles. The normalized spacial score (nSPS) is 10.7. The molecule has 27 heavy (non-hydrogen) atoms. The summed E-state index contributed by atoms with van der Waals surface area (Å²) in [5, 5.41) is 6.14. The van der Waals surface area contributed by atoms with Crippen LogP contribution in [0, 0.1) is 13.8 Å². The topological polar surface area (TPSA) is 66.9 Å². The first-order valence-electron chi connectivity index (χ1n) is 9.02. The van der Waals surface area contributed by atoms with Crippen LogP contribution in [0.1, 0.15) is 47.1 Å². The van der Waals surface area contributed by atoms with Crippen molar-refractivity contribution in [1.29, 1.82) is 0 Å². The molecule has 0 saturated carbocycles. The maximum atomic E-state index is 12.8. The third kappa shape index (κ3) is 4.70. The van der Waals surface area contributed by atoms with Gasteiger partial charge in [0, 0.05) is 17.1 Å². The summed E-state index contributed by atoms with van der Waals surface area (Å²) in [5.41, 5.74) is 5.01. The van der Waals surface area contributed by atoms with Crippen LogP contribution in [-0.2, 0) is 0 Å². The molecule has 5 heteroatoms. The molecule has 0 aliphatic carbocycles. The third-order valence-corrected chi connectivity index (χ3v) is 4.23. The number of nitrogens with one attached hydrogen (secondary N) is 2. The fourth-order valence-corrected chi connectivity index (χ4v) is 2.81. The Labute approximate surface area is 159 Å². The first-order chi connectivity index (χ1) is 12.9. The minimum Gasteiger partial charge on any atom is -0.324 e. The summed E-state index contributed by atoms with van der Waals surface area (Å²) in [5.74, 6) is 0.467. The van der Waals surface area contributed by atoms with E-state index in [1.807, 2.05) is 62.4 Å². The molecule has 0 aliphatic rings. The quantitative estimate of drug-likeness (QED) is 0.655. The average Bonchev–Trinajstić information content (AvgIpc) is 2.63. The van der Waals surface area contributed by atoms with E-state index in [0.717, 1.165) is 22.6 Å². The summed E-state index contributed by atoms with van der Waals surface area (Å²) in [6.45, 7) is 8.08. The molecule has 0 spiro atoms. The lowest BCUT2D eigenvalue weighted by atomic mass is 10.0. The highest BCUT2D eigenvalue weighted by Gasteiger charge is 2.14. The maximum Gasteiger partial charge on any atom is 0.274 e. The molecule has 1 heterocycles. The number of benzene rings is 2. The zero-order valence-electron chi connectivity index (χ0n) is 16.1. The second kappa shape index (κ2) is 7.99. The summed E-state index contributed by atoms with van der Waals surface area (Å²) in [6, 6.07) is 17.4. The molecule has 3 aromatic rings. The van der Waals surface area contributed by atoms with Crippen molar-refractivity contribution >= 4 is 23.2 Å². The minimum absolute atomic E-state index is 0.249. The Kier molecular flexibility index (Phi) is 5.50. The lowest BCUT2D eigenvalue weighted by Gasteiger charge is -2.14. The molecule has 0 aliphatic heterocycles. The summed E-state index contributed by atoms with van der Waals surface area (Å²) < 4.78 is 0. The fraction of sp³-hybridized carbons (Fsp3) is 0.227. The van der Waals surface area contributed by atoms with Crippen molar-refractivity contribution in [2.75, 3.05) is 10.6 Å². The largest absolute Gasteiger partial charge is 0.324 e. The van der Waals surface area contributed by atoms with Gasteiger partial charge in [0.05, 0.1) is 0 Å². The molecule has 2 aromatic carbocycles. The number of amides is 1. The van der Waals surface area contributed by atoms with Crippen LogP contribution in [0.15, 0.2) is 54.6 Å². The molecule has 2 N–H and O–H groups in total. The SMILES string of the molecule is Cc1ccc(Nc2nc(C)cc(C(=O)Nc3ccccc3C(C)C)n2)cc1. The standard InChI is InChI=1S/C22H24N4O/c1-14(2)18-7-5-6-8-19(18)25-21(27)20-13-16(4)23-22(26-20)24-17-11-9-15(3)10-12-17/h5-14H,1-4H3,(H,25,27)(H,23,24,26). The minimum atomic E-state index is -0.249. The molecule has 0 unspecified atom stereocenters. The lowest BCUT2D eigenvalue weighted by Crippen LogP contribution is -2.16. The van der Waals surface area contributed by atoms with Gasteiger partial charge >= 0.3 is 0 Å². The van der Waals surface area contributed by atoms with Crippen LogP contribution in [0.25, 0.3) is 0 Å². The van der Waals surface area contributed by atoms with Crippen molar-refractivity contribution in [1.82, 2.24) is 9.97 Å². The van der Waals surface area contributed by atoms with Crippen LogP contribution in [0.3, 0.4) is 0 Å². The van der Waals surface area contributed by atoms with Crippen molar-refractivity contribution in [2.24, 2.45) is 0 Å². The predicted molar refractivity (Wildman–Crippen MR) is 110 cm³/mol. The van der Waals surface area contributed by atoms with E-state index >= 15 is 0 Å². The molecule has 5 nitrogen and oxygen atoms in total. The van der Waals surface area contributed by atoms with Gasteiger partial charge in [-0.15, -0.1) is 0 Å². The smallest absolute Gasteiger partial charge is 0.274 e. The maximum absolute atomic E-state index is 12.8. The van der Waals surface area contributed by atoms with Crippen molar-refractivity contribution in [2.45, 2.75) is 33.6 Å². The number of hydrogen-bond acceptors (Lipinski definition) is 4. The molecule has 0 saturated heterocycles. The predicted octanol–water partition coefficient (Wildman–Crippen LogP) is 5.21. The summed E-state index contributed by atoms with van der Waals surface area (Å²) in [7, 11) is 0. The number of anilines is 3. The van der Waals surface area contributed by atoms with Crippen LogP contribution in [0.2, 0.25) is 0 Å². The number of hydrogen-bond donors (Lipinski definition) is 2. The molecule has 138 valence electrons. The number of para-hydroxylation sites is 1. The highest BCUT2D eigenvalue weighted by atomic mass is 16.1. The number of carbonyl (C=O) groups is 1. The molecule has 0 atom stereocenters. The summed E-state index contributed by atoms with van der Waals surface area (Å²) in [4.78, 5) is 21.5. The van der Waals surface area contributed by atoms with Crippen LogP contribution >= 0.6 is 0 Å². The van der Waals surface area contributed by atoms with Gasteiger partial charge in [-0.2, -0.15) is 0 Å². The van der Waals surface area contributed by atoms with Gasteiger partial charge in [0.2, 0.25) is 5.95 Å². The van der Waals surface area contributed by atoms with Crippen LogP contribution in [0.5, 0.6) is 0 Å². The first-order valence-corrected chi connectivity index (χ1v) is 9.02. The molecule has 0 radical (unpaired) electrons. The molecule has 0 fully saturated rings. The van der Waals surface area contributed by atoms with Gasteiger partial charge in [0.25, 0.3) is 5.91 Å². The van der Waals surface area contributed by atoms with Crippen molar-refractivity contribution in [3.63, 3.8) is 0 Å². The van der Waals surface area contributed by atoms with E-state index in [1.165, 1.54) is 5.56 Å². The van der Waals surface area contributed by atoms with E-state index in [1.54, 1.807) is 6.07 Å². The van der Waals surface area contributed by atoms with Crippen LogP contribution in [0.4, 0.5) is 17.3 Å². The number of carbonyl (C=O) groups excluding carboxylic acids is 1. The highest BCUT2D eigenvalue weighted by molar-refractivity contribution is 6.03. The van der Waals surface area contributed by atoms with Crippen LogP contribution in [-0.4, -0.2) is 15.9 Å². The monoisotopic (exact) mass is 360 g/mol. The van der Waals surface area contributed by atoms with Gasteiger partial charge in [-0.05, 0) is 49.6 Å². The highest BCUT2D eigenvalue weighted by Crippen LogP contribution is 2.24. The Morgan fingerprint density at radius 2 is 1.67 bits per heavy atom. The molecule has 0 bridgehead atoms. The van der Waals surface area contributed by atoms with Gasteiger partial charge in [-0.1, -0.05) is 49.7 Å². The number of aryl methyl sites for hydroxylation is 2. The van der Waals surface area contributed by atoms with Gasteiger partial charge in [0.15, 0.2) is 0 Å². The second-order valence-electron chi connectivity index (χ2n) is 6.91. The Hall–Kier alpha value is -3.21. The van der Waals surface area contributed by atoms with Crippen molar-refractivity contribution in [3.8, 4) is 0 Å². The Morgan fingerprint density at radius 1 is 0.963 bits per heavy atom. The van der Waals surface area contributed by atoms with Crippen LogP contribution < -0.4 is 10.6 Å². The molecular weight excluding hydrogens is 336 g/mol. The van der Waals surface area contributed by atoms with E-state index < -0.39 is 0 Å². The van der Waals surface area contributed by atoms with E-state index in [-0.39, 0.29) is 5.91 Å². The van der Waals surface area contributed by atoms with E-state index in [4.69, 9.17) is 0 Å². The van der Waals surface area contributed by atoms with Gasteiger partial charge in [-0.3, -0.25) is 4.79 Å². The van der Waals surface area contributed by atoms with Crippen molar-refractivity contribution in [3.05, 3.63) is 77.1 Å². The van der Waals surface area contributed by atoms with Gasteiger partial charge < -0.3 is 10.6 Å². The van der Waals surface area contributed by atoms with E-state index in [0.29, 0.717) is 17.6 Å². The average molecular weight is 360 g/mol. The summed E-state index contributed by atoms with van der Waals surface area (Å²) >= 11 is 0. The molecule has 1 amide bonds. The number of rotatable bonds is 5. The van der Waals surface area contributed by atoms with Crippen molar-refractivity contribution < 1.29 is 4.79 Å². The van der Waals surface area contributed by atoms with E-state index in [9.17, 15) is 4.79 Å². The molecule has 3 rings (SSSR count). The summed E-state index contributed by atoms with van der Waals surface area (Å²) in [6.07, 6.45) is 0. The Balaban J connectivity index is 1.83. The van der Waals surface area contributed by atoms with Gasteiger partial charge in [-0.25, -0.2) is 9.97 Å². The lowest BCUT2D eigenvalue weighted by molar-refractivity contribution is 0.102. The van der Waals surface area contributed by atoms with E-state index in [2.05, 4.69) is 34.4 Å².